The summed E-state index contributed by atoms with van der Waals surface area (Å²) in [5.74, 6) is 0.870. The number of halogens is 1. The Bertz CT molecular complexity index is 737. The fourth-order valence-electron chi connectivity index (χ4n) is 3.75. The number of benzene rings is 2. The Morgan fingerprint density at radius 3 is 2.14 bits per heavy atom. The van der Waals surface area contributed by atoms with E-state index in [2.05, 4.69) is 89.2 Å². The fraction of sp³-hybridized carbons (Fsp3) is 0.435. The maximum absolute atomic E-state index is 4.40. The van der Waals surface area contributed by atoms with Gasteiger partial charge in [0.25, 0.3) is 0 Å². The van der Waals surface area contributed by atoms with Crippen LogP contribution in [0.15, 0.2) is 59.6 Å². The van der Waals surface area contributed by atoms with Crippen molar-refractivity contribution in [3.8, 4) is 0 Å². The average molecular weight is 492 g/mol. The molecule has 0 heterocycles. The quantitative estimate of drug-likeness (QED) is 0.347. The van der Waals surface area contributed by atoms with E-state index >= 15 is 0 Å². The Labute approximate surface area is 186 Å². The van der Waals surface area contributed by atoms with E-state index in [1.807, 2.05) is 7.05 Å². The van der Waals surface area contributed by atoms with Crippen LogP contribution in [-0.4, -0.2) is 38.5 Å². The third kappa shape index (κ3) is 5.95. The van der Waals surface area contributed by atoms with Gasteiger partial charge in [0.15, 0.2) is 5.96 Å². The van der Waals surface area contributed by atoms with E-state index < -0.39 is 0 Å². The van der Waals surface area contributed by atoms with Gasteiger partial charge in [0.05, 0.1) is 0 Å². The number of aliphatic imine (C=N–C) groups is 1. The topological polar surface area (TPSA) is 39.7 Å². The van der Waals surface area contributed by atoms with Crippen molar-refractivity contribution in [3.05, 3.63) is 71.3 Å². The first-order valence-electron chi connectivity index (χ1n) is 9.84. The van der Waals surface area contributed by atoms with Crippen molar-refractivity contribution < 1.29 is 0 Å². The minimum atomic E-state index is 0. The monoisotopic (exact) mass is 492 g/mol. The van der Waals surface area contributed by atoms with Gasteiger partial charge in [0.1, 0.15) is 0 Å². The van der Waals surface area contributed by atoms with Gasteiger partial charge in [0.2, 0.25) is 0 Å². The highest BCUT2D eigenvalue weighted by atomic mass is 127. The van der Waals surface area contributed by atoms with Gasteiger partial charge in [-0.25, -0.2) is 0 Å². The molecule has 0 aliphatic heterocycles. The number of nitrogens with one attached hydrogen (secondary N) is 2. The highest BCUT2D eigenvalue weighted by Gasteiger charge is 2.38. The van der Waals surface area contributed by atoms with Crippen LogP contribution in [0.4, 0.5) is 0 Å². The Morgan fingerprint density at radius 2 is 1.61 bits per heavy atom. The van der Waals surface area contributed by atoms with Crippen LogP contribution in [-0.2, 0) is 18.5 Å². The minimum Gasteiger partial charge on any atom is -0.356 e. The van der Waals surface area contributed by atoms with E-state index in [-0.39, 0.29) is 29.4 Å². The molecule has 0 saturated heterocycles. The summed E-state index contributed by atoms with van der Waals surface area (Å²) < 4.78 is 0. The molecule has 0 atom stereocenters. The van der Waals surface area contributed by atoms with Gasteiger partial charge in [-0.15, -0.1) is 24.0 Å². The second-order valence-electron chi connectivity index (χ2n) is 7.83. The number of nitrogens with zero attached hydrogens (tertiary/aromatic N) is 2. The number of hydrogen-bond donors (Lipinski definition) is 2. The molecule has 0 spiro atoms. The first kappa shape index (κ1) is 22.7. The van der Waals surface area contributed by atoms with Crippen molar-refractivity contribution in [2.24, 2.45) is 4.99 Å². The molecule has 1 saturated carbocycles. The first-order valence-corrected chi connectivity index (χ1v) is 9.84. The summed E-state index contributed by atoms with van der Waals surface area (Å²) in [5, 5.41) is 7.00. The molecule has 3 rings (SSSR count). The molecule has 0 aromatic heterocycles. The van der Waals surface area contributed by atoms with Crippen molar-refractivity contribution in [3.63, 3.8) is 0 Å². The van der Waals surface area contributed by atoms with Gasteiger partial charge in [-0.05, 0) is 43.6 Å². The van der Waals surface area contributed by atoms with Crippen LogP contribution in [0.25, 0.3) is 0 Å². The van der Waals surface area contributed by atoms with Crippen LogP contribution >= 0.6 is 24.0 Å². The van der Waals surface area contributed by atoms with E-state index in [1.165, 1.54) is 36.0 Å². The van der Waals surface area contributed by atoms with Gasteiger partial charge in [0, 0.05) is 32.1 Å². The zero-order valence-corrected chi connectivity index (χ0v) is 19.6. The average Bonchev–Trinajstić information content (AvgIpc) is 2.65. The zero-order valence-electron chi connectivity index (χ0n) is 17.2. The van der Waals surface area contributed by atoms with Crippen molar-refractivity contribution in [1.82, 2.24) is 15.5 Å². The van der Waals surface area contributed by atoms with Crippen LogP contribution < -0.4 is 10.6 Å². The molecule has 0 bridgehead atoms. The van der Waals surface area contributed by atoms with Crippen molar-refractivity contribution in [2.75, 3.05) is 27.7 Å². The lowest BCUT2D eigenvalue weighted by atomic mass is 9.64. The highest BCUT2D eigenvalue weighted by molar-refractivity contribution is 14.0. The van der Waals surface area contributed by atoms with Gasteiger partial charge < -0.3 is 15.5 Å². The standard InChI is InChI=1S/C23H32N4.HI/c1-24-22(25-16-19-10-12-20(13-11-19)17-27(2)3)26-18-23(14-7-15-23)21-8-5-4-6-9-21;/h4-6,8-13H,7,14-18H2,1-3H3,(H2,24,25,26);1H. The Balaban J connectivity index is 0.00000280. The van der Waals surface area contributed by atoms with E-state index in [4.69, 9.17) is 0 Å². The molecule has 4 nitrogen and oxygen atoms in total. The molecular formula is C23H33IN4. The van der Waals surface area contributed by atoms with Crippen LogP contribution in [0, 0.1) is 0 Å². The number of rotatable bonds is 7. The Kier molecular flexibility index (Phi) is 8.76. The molecule has 1 fully saturated rings. The van der Waals surface area contributed by atoms with Gasteiger partial charge in [-0.2, -0.15) is 0 Å². The van der Waals surface area contributed by atoms with E-state index in [1.54, 1.807) is 0 Å². The van der Waals surface area contributed by atoms with Crippen molar-refractivity contribution in [1.29, 1.82) is 0 Å². The summed E-state index contributed by atoms with van der Waals surface area (Å²) in [7, 11) is 6.02. The van der Waals surface area contributed by atoms with Gasteiger partial charge in [-0.1, -0.05) is 61.0 Å². The highest BCUT2D eigenvalue weighted by Crippen LogP contribution is 2.43. The molecule has 0 unspecified atom stereocenters. The molecule has 2 aromatic rings. The van der Waals surface area contributed by atoms with Crippen LogP contribution in [0.5, 0.6) is 0 Å². The maximum Gasteiger partial charge on any atom is 0.191 e. The van der Waals surface area contributed by atoms with Crippen LogP contribution in [0.2, 0.25) is 0 Å². The summed E-state index contributed by atoms with van der Waals surface area (Å²) in [5.41, 5.74) is 4.30. The predicted molar refractivity (Wildman–Crippen MR) is 129 cm³/mol. The lowest BCUT2D eigenvalue weighted by Gasteiger charge is -2.43. The minimum absolute atomic E-state index is 0. The van der Waals surface area contributed by atoms with Gasteiger partial charge in [-0.3, -0.25) is 4.99 Å². The molecule has 152 valence electrons. The maximum atomic E-state index is 4.40. The lowest BCUT2D eigenvalue weighted by molar-refractivity contribution is 0.244. The van der Waals surface area contributed by atoms with Crippen LogP contribution in [0.1, 0.15) is 36.0 Å². The largest absolute Gasteiger partial charge is 0.356 e. The third-order valence-corrected chi connectivity index (χ3v) is 5.50. The lowest BCUT2D eigenvalue weighted by Crippen LogP contribution is -2.48. The second kappa shape index (κ2) is 10.8. The molecular weight excluding hydrogens is 459 g/mol. The zero-order chi connectivity index (χ0) is 19.1. The molecule has 0 radical (unpaired) electrons. The molecule has 2 aromatic carbocycles. The second-order valence-corrected chi connectivity index (χ2v) is 7.83. The molecule has 2 N–H and O–H groups in total. The Hall–Kier alpha value is -1.60. The SMILES string of the molecule is CN=C(NCc1ccc(CN(C)C)cc1)NCC1(c2ccccc2)CCC1.I. The smallest absolute Gasteiger partial charge is 0.191 e. The summed E-state index contributed by atoms with van der Waals surface area (Å²) in [6.07, 6.45) is 3.80. The fourth-order valence-corrected chi connectivity index (χ4v) is 3.75. The summed E-state index contributed by atoms with van der Waals surface area (Å²) in [6.45, 7) is 2.68. The van der Waals surface area contributed by atoms with Gasteiger partial charge >= 0.3 is 0 Å². The number of hydrogen-bond acceptors (Lipinski definition) is 2. The summed E-state index contributed by atoms with van der Waals surface area (Å²) in [4.78, 5) is 6.59. The van der Waals surface area contributed by atoms with E-state index in [9.17, 15) is 0 Å². The molecule has 28 heavy (non-hydrogen) atoms. The summed E-state index contributed by atoms with van der Waals surface area (Å²) >= 11 is 0. The van der Waals surface area contributed by atoms with E-state index in [0.717, 1.165) is 25.6 Å². The molecule has 5 heteroatoms. The number of guanidine groups is 1. The van der Waals surface area contributed by atoms with E-state index in [0.29, 0.717) is 0 Å². The van der Waals surface area contributed by atoms with Crippen molar-refractivity contribution >= 4 is 29.9 Å². The van der Waals surface area contributed by atoms with Crippen molar-refractivity contribution in [2.45, 2.75) is 37.8 Å². The third-order valence-electron chi connectivity index (χ3n) is 5.50. The predicted octanol–water partition coefficient (Wildman–Crippen LogP) is 4.15. The first-order chi connectivity index (χ1) is 13.1. The van der Waals surface area contributed by atoms with Crippen LogP contribution in [0.3, 0.4) is 0 Å². The molecule has 1 aliphatic rings. The molecule has 0 amide bonds. The normalized spacial score (nSPS) is 15.5. The summed E-state index contributed by atoms with van der Waals surface area (Å²) in [6, 6.07) is 19.7. The Morgan fingerprint density at radius 1 is 0.964 bits per heavy atom. The molecule has 1 aliphatic carbocycles.